The average molecular weight is 280 g/mol. The first-order valence-electron chi connectivity index (χ1n) is 7.18. The van der Waals surface area contributed by atoms with Crippen LogP contribution in [0.2, 0.25) is 0 Å². The zero-order valence-corrected chi connectivity index (χ0v) is 13.1. The van der Waals surface area contributed by atoms with E-state index >= 15 is 0 Å². The van der Waals surface area contributed by atoms with Crippen molar-refractivity contribution in [2.24, 2.45) is 0 Å². The van der Waals surface area contributed by atoms with Gasteiger partial charge in [0.25, 0.3) is 0 Å². The van der Waals surface area contributed by atoms with Gasteiger partial charge in [0.15, 0.2) is 11.5 Å². The van der Waals surface area contributed by atoms with Gasteiger partial charge in [0, 0.05) is 12.0 Å². The number of hydrogen-bond donors (Lipinski definition) is 1. The summed E-state index contributed by atoms with van der Waals surface area (Å²) >= 11 is 0. The van der Waals surface area contributed by atoms with Gasteiger partial charge in [-0.3, -0.25) is 0 Å². The predicted octanol–water partition coefficient (Wildman–Crippen LogP) is 2.15. The number of hydrogen-bond acceptors (Lipinski definition) is 3. The molecule has 20 heavy (non-hydrogen) atoms. The zero-order valence-electron chi connectivity index (χ0n) is 13.1. The number of methoxy groups -OCH3 is 2. The molecule has 1 N–H and O–H groups in total. The van der Waals surface area contributed by atoms with Crippen molar-refractivity contribution in [2.45, 2.75) is 32.4 Å². The van der Waals surface area contributed by atoms with Crippen LogP contribution in [0.15, 0.2) is 12.1 Å². The number of rotatable bonds is 4. The van der Waals surface area contributed by atoms with E-state index in [1.54, 1.807) is 14.2 Å². The van der Waals surface area contributed by atoms with Gasteiger partial charge in [0.2, 0.25) is 0 Å². The van der Waals surface area contributed by atoms with Crippen LogP contribution in [0.1, 0.15) is 31.0 Å². The minimum absolute atomic E-state index is 0.288. The van der Waals surface area contributed by atoms with E-state index in [-0.39, 0.29) is 6.10 Å². The lowest BCUT2D eigenvalue weighted by Gasteiger charge is -2.45. The van der Waals surface area contributed by atoms with Crippen molar-refractivity contribution >= 4 is 0 Å². The van der Waals surface area contributed by atoms with Gasteiger partial charge in [-0.1, -0.05) is 0 Å². The third-order valence-corrected chi connectivity index (χ3v) is 4.60. The third kappa shape index (κ3) is 2.63. The maximum absolute atomic E-state index is 9.76. The Labute approximate surface area is 121 Å². The van der Waals surface area contributed by atoms with Gasteiger partial charge in [-0.15, -0.1) is 0 Å². The van der Waals surface area contributed by atoms with Crippen LogP contribution >= 0.6 is 0 Å². The lowest BCUT2D eigenvalue weighted by Crippen LogP contribution is -2.53. The van der Waals surface area contributed by atoms with Crippen LogP contribution in [0.3, 0.4) is 0 Å². The number of fused-ring (bicyclic) bond motifs is 1. The van der Waals surface area contributed by atoms with Crippen LogP contribution in [0.25, 0.3) is 0 Å². The molecule has 0 aliphatic carbocycles. The molecule has 0 saturated heterocycles. The summed E-state index contributed by atoms with van der Waals surface area (Å²) in [6, 6.07) is 4.53. The Morgan fingerprint density at radius 2 is 1.90 bits per heavy atom. The molecule has 1 aromatic carbocycles. The second-order valence-electron chi connectivity index (χ2n) is 6.07. The Hall–Kier alpha value is -1.26. The lowest BCUT2D eigenvalue weighted by atomic mass is 9.90. The molecule has 112 valence electrons. The first-order valence-corrected chi connectivity index (χ1v) is 7.18. The largest absolute Gasteiger partial charge is 0.493 e. The maximum atomic E-state index is 9.76. The molecule has 0 unspecified atom stereocenters. The normalized spacial score (nSPS) is 26.8. The van der Waals surface area contributed by atoms with E-state index in [0.29, 0.717) is 6.04 Å². The molecular formula is C16H26NO3+. The molecule has 4 heteroatoms. The van der Waals surface area contributed by atoms with E-state index in [9.17, 15) is 5.11 Å². The highest BCUT2D eigenvalue weighted by molar-refractivity contribution is 5.48. The van der Waals surface area contributed by atoms with Crippen LogP contribution < -0.4 is 9.47 Å². The van der Waals surface area contributed by atoms with Gasteiger partial charge < -0.3 is 19.1 Å². The first-order chi connectivity index (χ1) is 9.41. The molecular weight excluding hydrogens is 254 g/mol. The molecule has 0 amide bonds. The van der Waals surface area contributed by atoms with Crippen molar-refractivity contribution in [2.75, 3.05) is 34.4 Å². The van der Waals surface area contributed by atoms with Gasteiger partial charge >= 0.3 is 0 Å². The Morgan fingerprint density at radius 3 is 2.45 bits per heavy atom. The lowest BCUT2D eigenvalue weighted by molar-refractivity contribution is -0.942. The van der Waals surface area contributed by atoms with E-state index in [0.717, 1.165) is 35.5 Å². The summed E-state index contributed by atoms with van der Waals surface area (Å²) in [5, 5.41) is 9.76. The van der Waals surface area contributed by atoms with Crippen LogP contribution in [-0.2, 0) is 6.42 Å². The van der Waals surface area contributed by atoms with Gasteiger partial charge in [-0.25, -0.2) is 0 Å². The third-order valence-electron chi connectivity index (χ3n) is 4.60. The molecule has 0 bridgehead atoms. The number of benzene rings is 1. The van der Waals surface area contributed by atoms with Crippen molar-refractivity contribution in [3.8, 4) is 11.5 Å². The van der Waals surface area contributed by atoms with Crippen molar-refractivity contribution in [1.29, 1.82) is 0 Å². The number of quaternary nitrogens is 1. The van der Waals surface area contributed by atoms with Gasteiger partial charge in [0.1, 0.15) is 18.7 Å². The maximum Gasteiger partial charge on any atom is 0.161 e. The first kappa shape index (κ1) is 15.1. The molecule has 0 saturated carbocycles. The second-order valence-corrected chi connectivity index (χ2v) is 6.07. The van der Waals surface area contributed by atoms with Crippen LogP contribution in [-0.4, -0.2) is 50.1 Å². The molecule has 1 heterocycles. The minimum Gasteiger partial charge on any atom is -0.493 e. The quantitative estimate of drug-likeness (QED) is 0.859. The highest BCUT2D eigenvalue weighted by atomic mass is 16.5. The summed E-state index contributed by atoms with van der Waals surface area (Å²) in [4.78, 5) is 0. The van der Waals surface area contributed by atoms with Crippen molar-refractivity contribution < 1.29 is 19.1 Å². The van der Waals surface area contributed by atoms with Gasteiger partial charge in [-0.05, 0) is 31.5 Å². The average Bonchev–Trinajstić information content (AvgIpc) is 2.41. The number of aliphatic hydroxyl groups is 1. The predicted molar refractivity (Wildman–Crippen MR) is 79.3 cm³/mol. The highest BCUT2D eigenvalue weighted by Crippen LogP contribution is 2.40. The van der Waals surface area contributed by atoms with Crippen molar-refractivity contribution in [3.05, 3.63) is 23.3 Å². The van der Waals surface area contributed by atoms with E-state index in [2.05, 4.69) is 26.1 Å². The SMILES string of the molecule is COc1cc2c(cc1OC)[C@H](C)[N@@+](C)(C[C@@H](C)O)CC2. The molecule has 1 aliphatic heterocycles. The van der Waals surface area contributed by atoms with Crippen LogP contribution in [0.5, 0.6) is 11.5 Å². The Kier molecular flexibility index (Phi) is 4.25. The second kappa shape index (κ2) is 5.62. The fourth-order valence-corrected chi connectivity index (χ4v) is 3.30. The molecule has 0 aromatic heterocycles. The molecule has 1 aliphatic rings. The van der Waals surface area contributed by atoms with Crippen LogP contribution in [0.4, 0.5) is 0 Å². The molecule has 0 radical (unpaired) electrons. The molecule has 4 nitrogen and oxygen atoms in total. The van der Waals surface area contributed by atoms with Gasteiger partial charge in [-0.2, -0.15) is 0 Å². The summed E-state index contributed by atoms with van der Waals surface area (Å²) in [6.45, 7) is 5.90. The number of likely N-dealkylation sites (N-methyl/N-ethyl adjacent to an activating group) is 1. The molecule has 3 atom stereocenters. The number of nitrogens with zero attached hydrogens (tertiary/aromatic N) is 1. The standard InChI is InChI=1S/C16H26NO3/c1-11(18)10-17(3)7-6-13-8-15(19-4)16(20-5)9-14(13)12(17)2/h8-9,11-12,18H,6-7,10H2,1-5H3/q+1/t11-,12+,17-/m1/s1. The summed E-state index contributed by atoms with van der Waals surface area (Å²) in [5.74, 6) is 1.58. The summed E-state index contributed by atoms with van der Waals surface area (Å²) < 4.78 is 11.7. The number of aliphatic hydroxyl groups excluding tert-OH is 1. The molecule has 2 rings (SSSR count). The molecule has 0 fully saturated rings. The Morgan fingerprint density at radius 1 is 1.30 bits per heavy atom. The van der Waals surface area contributed by atoms with Crippen molar-refractivity contribution in [3.63, 3.8) is 0 Å². The smallest absolute Gasteiger partial charge is 0.161 e. The van der Waals surface area contributed by atoms with Gasteiger partial charge in [0.05, 0.1) is 27.8 Å². The zero-order chi connectivity index (χ0) is 14.9. The summed E-state index contributed by atoms with van der Waals surface area (Å²) in [7, 11) is 5.56. The van der Waals surface area contributed by atoms with E-state index < -0.39 is 0 Å². The van der Waals surface area contributed by atoms with Crippen molar-refractivity contribution in [1.82, 2.24) is 0 Å². The Bertz CT molecular complexity index is 487. The fourth-order valence-electron chi connectivity index (χ4n) is 3.30. The highest BCUT2D eigenvalue weighted by Gasteiger charge is 2.37. The number of ether oxygens (including phenoxy) is 2. The van der Waals surface area contributed by atoms with E-state index in [1.807, 2.05) is 6.92 Å². The fraction of sp³-hybridized carbons (Fsp3) is 0.625. The Balaban J connectivity index is 2.41. The van der Waals surface area contributed by atoms with Crippen LogP contribution in [0, 0.1) is 0 Å². The van der Waals surface area contributed by atoms with E-state index in [1.165, 1.54) is 11.1 Å². The van der Waals surface area contributed by atoms with E-state index in [4.69, 9.17) is 9.47 Å². The topological polar surface area (TPSA) is 38.7 Å². The molecule has 0 spiro atoms. The molecule has 1 aromatic rings. The summed E-state index contributed by atoms with van der Waals surface area (Å²) in [6.07, 6.45) is 0.715. The summed E-state index contributed by atoms with van der Waals surface area (Å²) in [5.41, 5.74) is 2.63. The monoisotopic (exact) mass is 280 g/mol. The minimum atomic E-state index is -0.288.